The molecule has 0 bridgehead atoms. The summed E-state index contributed by atoms with van der Waals surface area (Å²) < 4.78 is 31.7. The molecule has 0 N–H and O–H groups in total. The summed E-state index contributed by atoms with van der Waals surface area (Å²) in [5.74, 6) is -1.77. The summed E-state index contributed by atoms with van der Waals surface area (Å²) in [6.45, 7) is 1.43. The number of rotatable bonds is 3. The van der Waals surface area contributed by atoms with Gasteiger partial charge in [-0.15, -0.1) is 0 Å². The minimum Gasteiger partial charge on any atom is -0.494 e. The first-order valence-corrected chi connectivity index (χ1v) is 7.10. The van der Waals surface area contributed by atoms with E-state index in [1.165, 1.54) is 0 Å². The molecule has 0 amide bonds. The Morgan fingerprint density at radius 3 is 2.67 bits per heavy atom. The number of halogens is 2. The average molecular weight is 292 g/mol. The average Bonchev–Trinajstić information content (AvgIpc) is 2.49. The van der Waals surface area contributed by atoms with Gasteiger partial charge in [-0.25, -0.2) is 13.8 Å². The van der Waals surface area contributed by atoms with Crippen LogP contribution in [0, 0.1) is 0 Å². The highest BCUT2D eigenvalue weighted by molar-refractivity contribution is 5.84. The van der Waals surface area contributed by atoms with Crippen molar-refractivity contribution in [3.63, 3.8) is 0 Å². The second kappa shape index (κ2) is 5.56. The summed E-state index contributed by atoms with van der Waals surface area (Å²) in [4.78, 5) is 6.65. The Bertz CT molecular complexity index is 635. The van der Waals surface area contributed by atoms with Gasteiger partial charge in [-0.2, -0.15) is 0 Å². The van der Waals surface area contributed by atoms with Crippen LogP contribution in [0.25, 0.3) is 10.9 Å². The van der Waals surface area contributed by atoms with Crippen LogP contribution in [-0.4, -0.2) is 36.0 Å². The summed E-state index contributed by atoms with van der Waals surface area (Å²) in [6, 6.07) is 9.74. The number of para-hydroxylation sites is 1. The summed E-state index contributed by atoms with van der Waals surface area (Å²) in [5, 5.41) is 1.02. The highest BCUT2D eigenvalue weighted by Gasteiger charge is 2.33. The second-order valence-corrected chi connectivity index (χ2v) is 5.47. The van der Waals surface area contributed by atoms with Crippen LogP contribution in [-0.2, 0) is 6.54 Å². The van der Waals surface area contributed by atoms with Crippen molar-refractivity contribution >= 4 is 10.9 Å². The number of alkyl halides is 2. The predicted octanol–water partition coefficient (Wildman–Crippen LogP) is 3.47. The Morgan fingerprint density at radius 2 is 1.95 bits per heavy atom. The number of pyridine rings is 1. The monoisotopic (exact) mass is 292 g/mol. The molecule has 1 aromatic heterocycles. The highest BCUT2D eigenvalue weighted by atomic mass is 19.3. The molecule has 112 valence electrons. The van der Waals surface area contributed by atoms with E-state index in [4.69, 9.17) is 4.74 Å². The maximum absolute atomic E-state index is 13.2. The fourth-order valence-electron chi connectivity index (χ4n) is 2.68. The lowest BCUT2D eigenvalue weighted by Crippen LogP contribution is -2.38. The molecule has 2 heterocycles. The van der Waals surface area contributed by atoms with Gasteiger partial charge in [0.05, 0.1) is 12.8 Å². The second-order valence-electron chi connectivity index (χ2n) is 5.47. The van der Waals surface area contributed by atoms with Gasteiger partial charge >= 0.3 is 0 Å². The molecule has 0 atom stereocenters. The van der Waals surface area contributed by atoms with E-state index >= 15 is 0 Å². The molecule has 5 heteroatoms. The van der Waals surface area contributed by atoms with Gasteiger partial charge in [0.15, 0.2) is 0 Å². The summed E-state index contributed by atoms with van der Waals surface area (Å²) in [7, 11) is 1.62. The minimum absolute atomic E-state index is 0.0656. The van der Waals surface area contributed by atoms with Gasteiger partial charge < -0.3 is 4.74 Å². The van der Waals surface area contributed by atoms with Crippen LogP contribution < -0.4 is 4.74 Å². The van der Waals surface area contributed by atoms with Gasteiger partial charge in [-0.05, 0) is 12.1 Å². The largest absolute Gasteiger partial charge is 0.494 e. The minimum atomic E-state index is -2.50. The Labute approximate surface area is 122 Å². The molecule has 1 saturated heterocycles. The fourth-order valence-corrected chi connectivity index (χ4v) is 2.68. The van der Waals surface area contributed by atoms with E-state index in [1.807, 2.05) is 35.2 Å². The van der Waals surface area contributed by atoms with Crippen LogP contribution in [0.4, 0.5) is 8.78 Å². The zero-order valence-corrected chi connectivity index (χ0v) is 12.0. The zero-order chi connectivity index (χ0) is 14.9. The molecule has 0 unspecified atom stereocenters. The molecule has 1 aliphatic heterocycles. The maximum Gasteiger partial charge on any atom is 0.250 e. The van der Waals surface area contributed by atoms with Crippen LogP contribution in [0.3, 0.4) is 0 Å². The first kappa shape index (κ1) is 14.2. The highest BCUT2D eigenvalue weighted by Crippen LogP contribution is 2.29. The van der Waals surface area contributed by atoms with E-state index in [9.17, 15) is 8.78 Å². The number of piperidine rings is 1. The number of fused-ring (bicyclic) bond motifs is 1. The van der Waals surface area contributed by atoms with Crippen molar-refractivity contribution in [1.29, 1.82) is 0 Å². The van der Waals surface area contributed by atoms with Gasteiger partial charge in [0.1, 0.15) is 11.3 Å². The van der Waals surface area contributed by atoms with Crippen LogP contribution >= 0.6 is 0 Å². The first-order valence-electron chi connectivity index (χ1n) is 7.10. The number of ether oxygens (including phenoxy) is 1. The SMILES string of the molecule is COc1cccc2ccc(CN3CCC(F)(F)CC3)nc12. The number of hydrogen-bond donors (Lipinski definition) is 0. The van der Waals surface area contributed by atoms with Gasteiger partial charge in [0.25, 0.3) is 5.92 Å². The van der Waals surface area contributed by atoms with Gasteiger partial charge in [-0.1, -0.05) is 18.2 Å². The van der Waals surface area contributed by atoms with Crippen molar-refractivity contribution in [3.05, 3.63) is 36.0 Å². The molecule has 0 spiro atoms. The summed E-state index contributed by atoms with van der Waals surface area (Å²) in [6.07, 6.45) is -0.131. The van der Waals surface area contributed by atoms with Crippen LogP contribution in [0.15, 0.2) is 30.3 Å². The molecular formula is C16H18F2N2O. The van der Waals surface area contributed by atoms with Crippen LogP contribution in [0.5, 0.6) is 5.75 Å². The van der Waals surface area contributed by atoms with Crippen molar-refractivity contribution < 1.29 is 13.5 Å². The van der Waals surface area contributed by atoms with Crippen molar-refractivity contribution in [2.45, 2.75) is 25.3 Å². The molecule has 0 aliphatic carbocycles. The van der Waals surface area contributed by atoms with E-state index in [1.54, 1.807) is 7.11 Å². The lowest BCUT2D eigenvalue weighted by molar-refractivity contribution is -0.0568. The lowest BCUT2D eigenvalue weighted by atomic mass is 10.1. The van der Waals surface area contributed by atoms with Crippen molar-refractivity contribution in [1.82, 2.24) is 9.88 Å². The number of benzene rings is 1. The third-order valence-corrected chi connectivity index (χ3v) is 3.93. The van der Waals surface area contributed by atoms with E-state index in [2.05, 4.69) is 4.98 Å². The molecule has 2 aromatic rings. The number of hydrogen-bond acceptors (Lipinski definition) is 3. The summed E-state index contributed by atoms with van der Waals surface area (Å²) >= 11 is 0. The number of likely N-dealkylation sites (tertiary alicyclic amines) is 1. The molecule has 21 heavy (non-hydrogen) atoms. The zero-order valence-electron chi connectivity index (χ0n) is 12.0. The topological polar surface area (TPSA) is 25.4 Å². The maximum atomic E-state index is 13.2. The van der Waals surface area contributed by atoms with Crippen LogP contribution in [0.1, 0.15) is 18.5 Å². The van der Waals surface area contributed by atoms with Gasteiger partial charge in [0, 0.05) is 37.9 Å². The quantitative estimate of drug-likeness (QED) is 0.866. The van der Waals surface area contributed by atoms with E-state index < -0.39 is 5.92 Å². The van der Waals surface area contributed by atoms with Gasteiger partial charge in [0.2, 0.25) is 0 Å². The molecule has 1 aliphatic rings. The van der Waals surface area contributed by atoms with Crippen molar-refractivity contribution in [3.8, 4) is 5.75 Å². The number of aromatic nitrogens is 1. The molecule has 3 nitrogen and oxygen atoms in total. The van der Waals surface area contributed by atoms with Gasteiger partial charge in [-0.3, -0.25) is 4.90 Å². The van der Waals surface area contributed by atoms with Crippen molar-refractivity contribution in [2.24, 2.45) is 0 Å². The molecule has 3 rings (SSSR count). The standard InChI is InChI=1S/C16H18F2N2O/c1-21-14-4-2-3-12-5-6-13(19-15(12)14)11-20-9-7-16(17,18)8-10-20/h2-6H,7-11H2,1H3. The molecule has 0 radical (unpaired) electrons. The third-order valence-electron chi connectivity index (χ3n) is 3.93. The smallest absolute Gasteiger partial charge is 0.250 e. The predicted molar refractivity (Wildman–Crippen MR) is 77.8 cm³/mol. The van der Waals surface area contributed by atoms with Crippen molar-refractivity contribution in [2.75, 3.05) is 20.2 Å². The van der Waals surface area contributed by atoms with E-state index in [0.717, 1.165) is 22.3 Å². The molecular weight excluding hydrogens is 274 g/mol. The normalized spacial score (nSPS) is 18.8. The Morgan fingerprint density at radius 1 is 1.19 bits per heavy atom. The Hall–Kier alpha value is -1.75. The lowest BCUT2D eigenvalue weighted by Gasteiger charge is -2.31. The third kappa shape index (κ3) is 3.13. The fraction of sp³-hybridized carbons (Fsp3) is 0.438. The Balaban J connectivity index is 1.79. The van der Waals surface area contributed by atoms with E-state index in [-0.39, 0.29) is 12.8 Å². The van der Waals surface area contributed by atoms with E-state index in [0.29, 0.717) is 19.6 Å². The number of methoxy groups -OCH3 is 1. The number of nitrogens with zero attached hydrogens (tertiary/aromatic N) is 2. The first-order chi connectivity index (χ1) is 10.1. The van der Waals surface area contributed by atoms with Crippen LogP contribution in [0.2, 0.25) is 0 Å². The molecule has 1 aromatic carbocycles. The molecule has 0 saturated carbocycles. The molecule has 1 fully saturated rings. The Kier molecular flexibility index (Phi) is 3.76. The summed E-state index contributed by atoms with van der Waals surface area (Å²) in [5.41, 5.74) is 1.71.